The number of fused-ring (bicyclic) bond motifs is 1. The Kier molecular flexibility index (Phi) is 4.00. The van der Waals surface area contributed by atoms with Gasteiger partial charge in [0.05, 0.1) is 21.4 Å². The van der Waals surface area contributed by atoms with E-state index in [0.717, 1.165) is 42.0 Å². The van der Waals surface area contributed by atoms with Crippen LogP contribution < -0.4 is 5.32 Å². The Bertz CT molecular complexity index is 957. The van der Waals surface area contributed by atoms with Crippen molar-refractivity contribution in [3.63, 3.8) is 0 Å². The van der Waals surface area contributed by atoms with Crippen molar-refractivity contribution in [1.29, 1.82) is 0 Å². The molecule has 3 aromatic rings. The number of nitrogens with one attached hydrogen (secondary N) is 1. The molecule has 6 heteroatoms. The molecule has 1 aliphatic carbocycles. The molecular weight excluding hydrogens is 382 g/mol. The Morgan fingerprint density at radius 3 is 2.64 bits per heavy atom. The summed E-state index contributed by atoms with van der Waals surface area (Å²) in [4.78, 5) is 12.9. The molecular formula is C19H18BrN3O2. The van der Waals surface area contributed by atoms with Gasteiger partial charge in [0.1, 0.15) is 17.3 Å². The number of hydrogen-bond donors (Lipinski definition) is 1. The van der Waals surface area contributed by atoms with Crippen molar-refractivity contribution < 1.29 is 9.21 Å². The van der Waals surface area contributed by atoms with E-state index in [4.69, 9.17) is 9.52 Å². The van der Waals surface area contributed by atoms with Crippen LogP contribution in [0.3, 0.4) is 0 Å². The van der Waals surface area contributed by atoms with Gasteiger partial charge >= 0.3 is 0 Å². The average molecular weight is 400 g/mol. The van der Waals surface area contributed by atoms with Crippen LogP contribution in [-0.4, -0.2) is 15.7 Å². The SMILES string of the molecule is Cc1oc(C)c(C(=O)Nc2c3c(nn2-c2ccccc2)CCC3)c1Br. The number of aromatic nitrogens is 2. The summed E-state index contributed by atoms with van der Waals surface area (Å²) in [5, 5.41) is 7.80. The van der Waals surface area contributed by atoms with E-state index in [9.17, 15) is 4.79 Å². The molecule has 0 atom stereocenters. The highest BCUT2D eigenvalue weighted by molar-refractivity contribution is 9.10. The van der Waals surface area contributed by atoms with Crippen LogP contribution in [0.5, 0.6) is 0 Å². The summed E-state index contributed by atoms with van der Waals surface area (Å²) >= 11 is 3.45. The summed E-state index contributed by atoms with van der Waals surface area (Å²) in [6.07, 6.45) is 2.96. The molecule has 0 fully saturated rings. The summed E-state index contributed by atoms with van der Waals surface area (Å²) in [5.74, 6) is 1.87. The minimum atomic E-state index is -0.187. The van der Waals surface area contributed by atoms with Gasteiger partial charge in [0, 0.05) is 5.56 Å². The van der Waals surface area contributed by atoms with Crippen LogP contribution in [0.25, 0.3) is 5.69 Å². The van der Waals surface area contributed by atoms with Crippen LogP contribution in [0.15, 0.2) is 39.2 Å². The van der Waals surface area contributed by atoms with E-state index in [1.165, 1.54) is 0 Å². The van der Waals surface area contributed by atoms with E-state index in [0.29, 0.717) is 21.6 Å². The molecule has 1 N–H and O–H groups in total. The number of benzene rings is 1. The maximum atomic E-state index is 12.9. The van der Waals surface area contributed by atoms with E-state index in [2.05, 4.69) is 21.2 Å². The van der Waals surface area contributed by atoms with Gasteiger partial charge in [-0.1, -0.05) is 18.2 Å². The van der Waals surface area contributed by atoms with Crippen molar-refractivity contribution in [2.24, 2.45) is 0 Å². The number of carbonyl (C=O) groups excluding carboxylic acids is 1. The van der Waals surface area contributed by atoms with Crippen molar-refractivity contribution in [3.8, 4) is 5.69 Å². The molecule has 0 aliphatic heterocycles. The fourth-order valence-corrected chi connectivity index (χ4v) is 3.90. The second kappa shape index (κ2) is 6.19. The third-order valence-electron chi connectivity index (χ3n) is 4.55. The molecule has 1 aliphatic rings. The fourth-order valence-electron chi connectivity index (χ4n) is 3.36. The van der Waals surface area contributed by atoms with Crippen LogP contribution in [0.2, 0.25) is 0 Å². The Labute approximate surface area is 154 Å². The lowest BCUT2D eigenvalue weighted by Gasteiger charge is -2.11. The maximum Gasteiger partial charge on any atom is 0.261 e. The van der Waals surface area contributed by atoms with Gasteiger partial charge in [0.2, 0.25) is 0 Å². The van der Waals surface area contributed by atoms with Crippen LogP contribution >= 0.6 is 15.9 Å². The number of para-hydroxylation sites is 1. The molecule has 1 amide bonds. The van der Waals surface area contributed by atoms with E-state index < -0.39 is 0 Å². The molecule has 4 rings (SSSR count). The first-order valence-corrected chi connectivity index (χ1v) is 9.08. The highest BCUT2D eigenvalue weighted by atomic mass is 79.9. The van der Waals surface area contributed by atoms with Crippen LogP contribution in [0.1, 0.15) is 39.6 Å². The number of rotatable bonds is 3. The number of nitrogens with zero attached hydrogens (tertiary/aromatic N) is 2. The molecule has 0 saturated carbocycles. The van der Waals surface area contributed by atoms with Crippen molar-refractivity contribution in [2.75, 3.05) is 5.32 Å². The molecule has 2 aromatic heterocycles. The molecule has 2 heterocycles. The minimum absolute atomic E-state index is 0.187. The van der Waals surface area contributed by atoms with E-state index in [1.54, 1.807) is 6.92 Å². The number of carbonyl (C=O) groups is 1. The van der Waals surface area contributed by atoms with E-state index >= 15 is 0 Å². The van der Waals surface area contributed by atoms with Crippen LogP contribution in [0, 0.1) is 13.8 Å². The third-order valence-corrected chi connectivity index (χ3v) is 5.51. The Hall–Kier alpha value is -2.34. The standard InChI is InChI=1S/C19H18BrN3O2/c1-11-16(17(20)12(2)25-11)19(24)21-18-14-9-6-10-15(14)22-23(18)13-7-4-3-5-8-13/h3-5,7-8H,6,9-10H2,1-2H3,(H,21,24). The predicted octanol–water partition coefficient (Wildman–Crippen LogP) is 4.59. The van der Waals surface area contributed by atoms with Crippen LogP contribution in [-0.2, 0) is 12.8 Å². The summed E-state index contributed by atoms with van der Waals surface area (Å²) < 4.78 is 8.09. The van der Waals surface area contributed by atoms with Crippen LogP contribution in [0.4, 0.5) is 5.82 Å². The average Bonchev–Trinajstić information content (AvgIpc) is 3.24. The number of aryl methyl sites for hydroxylation is 3. The van der Waals surface area contributed by atoms with Crippen molar-refractivity contribution in [2.45, 2.75) is 33.1 Å². The van der Waals surface area contributed by atoms with Gasteiger partial charge in [-0.2, -0.15) is 5.10 Å². The zero-order valence-corrected chi connectivity index (χ0v) is 15.7. The zero-order valence-electron chi connectivity index (χ0n) is 14.1. The van der Waals surface area contributed by atoms with Gasteiger partial charge in [0.25, 0.3) is 5.91 Å². The normalized spacial score (nSPS) is 13.1. The summed E-state index contributed by atoms with van der Waals surface area (Å²) in [5.41, 5.74) is 3.67. The van der Waals surface area contributed by atoms with Crippen molar-refractivity contribution in [1.82, 2.24) is 9.78 Å². The summed E-state index contributed by atoms with van der Waals surface area (Å²) in [7, 11) is 0. The molecule has 1 aromatic carbocycles. The molecule has 0 bridgehead atoms. The highest BCUT2D eigenvalue weighted by Gasteiger charge is 2.27. The predicted molar refractivity (Wildman–Crippen MR) is 99.4 cm³/mol. The lowest BCUT2D eigenvalue weighted by Crippen LogP contribution is -2.17. The van der Waals surface area contributed by atoms with Gasteiger partial charge in [-0.05, 0) is 61.2 Å². The maximum absolute atomic E-state index is 12.9. The molecule has 0 radical (unpaired) electrons. The molecule has 0 saturated heterocycles. The lowest BCUT2D eigenvalue weighted by atomic mass is 10.2. The van der Waals surface area contributed by atoms with Gasteiger partial charge < -0.3 is 9.73 Å². The van der Waals surface area contributed by atoms with Gasteiger partial charge in [-0.25, -0.2) is 4.68 Å². The number of furan rings is 1. The van der Waals surface area contributed by atoms with E-state index in [-0.39, 0.29) is 5.91 Å². The quantitative estimate of drug-likeness (QED) is 0.700. The van der Waals surface area contributed by atoms with E-state index in [1.807, 2.05) is 41.9 Å². The third kappa shape index (κ3) is 2.70. The number of hydrogen-bond acceptors (Lipinski definition) is 3. The molecule has 0 unspecified atom stereocenters. The number of halogens is 1. The Morgan fingerprint density at radius 1 is 1.20 bits per heavy atom. The molecule has 0 spiro atoms. The first-order chi connectivity index (χ1) is 12.1. The summed E-state index contributed by atoms with van der Waals surface area (Å²) in [6, 6.07) is 9.87. The smallest absolute Gasteiger partial charge is 0.261 e. The van der Waals surface area contributed by atoms with Gasteiger partial charge in [0.15, 0.2) is 0 Å². The molecule has 5 nitrogen and oxygen atoms in total. The second-order valence-corrected chi connectivity index (χ2v) is 7.03. The monoisotopic (exact) mass is 399 g/mol. The van der Waals surface area contributed by atoms with Crippen molar-refractivity contribution >= 4 is 27.7 Å². The van der Waals surface area contributed by atoms with Gasteiger partial charge in [-0.3, -0.25) is 4.79 Å². The first kappa shape index (κ1) is 16.1. The topological polar surface area (TPSA) is 60.1 Å². The number of amides is 1. The number of anilines is 1. The summed E-state index contributed by atoms with van der Waals surface area (Å²) in [6.45, 7) is 3.63. The largest absolute Gasteiger partial charge is 0.465 e. The Morgan fingerprint density at radius 2 is 1.96 bits per heavy atom. The zero-order chi connectivity index (χ0) is 17.6. The minimum Gasteiger partial charge on any atom is -0.465 e. The van der Waals surface area contributed by atoms with Crippen molar-refractivity contribution in [3.05, 3.63) is 63.1 Å². The lowest BCUT2D eigenvalue weighted by molar-refractivity contribution is 0.102. The molecule has 128 valence electrons. The Balaban J connectivity index is 1.76. The fraction of sp³-hybridized carbons (Fsp3) is 0.263. The first-order valence-electron chi connectivity index (χ1n) is 8.29. The van der Waals surface area contributed by atoms with Gasteiger partial charge in [-0.15, -0.1) is 0 Å². The molecule has 25 heavy (non-hydrogen) atoms. The second-order valence-electron chi connectivity index (χ2n) is 6.23. The highest BCUT2D eigenvalue weighted by Crippen LogP contribution is 2.33.